The first-order valence-corrected chi connectivity index (χ1v) is 7.78. The van der Waals surface area contributed by atoms with E-state index in [0.29, 0.717) is 11.5 Å². The van der Waals surface area contributed by atoms with Gasteiger partial charge in [0.25, 0.3) is 0 Å². The lowest BCUT2D eigenvalue weighted by molar-refractivity contribution is 0.459. The van der Waals surface area contributed by atoms with Crippen LogP contribution in [0.2, 0.25) is 0 Å². The van der Waals surface area contributed by atoms with Crippen molar-refractivity contribution in [3.8, 4) is 23.0 Å². The molecule has 0 bridgehead atoms. The average molecular weight is 329 g/mol. The predicted octanol–water partition coefficient (Wildman–Crippen LogP) is 4.40. The van der Waals surface area contributed by atoms with Crippen LogP contribution in [0.4, 0.5) is 0 Å². The molecule has 0 atom stereocenters. The Morgan fingerprint density at radius 2 is 0.920 bits per heavy atom. The molecule has 121 valence electrons. The van der Waals surface area contributed by atoms with Gasteiger partial charge in [0.1, 0.15) is 23.0 Å². The van der Waals surface area contributed by atoms with Gasteiger partial charge in [-0.2, -0.15) is 0 Å². The minimum absolute atomic E-state index is 0.237. The largest absolute Gasteiger partial charge is 0.658 e. The van der Waals surface area contributed by atoms with Crippen molar-refractivity contribution in [2.75, 3.05) is 0 Å². The van der Waals surface area contributed by atoms with E-state index in [9.17, 15) is 10.2 Å². The smallest absolute Gasteiger partial charge is 0.526 e. The van der Waals surface area contributed by atoms with Crippen LogP contribution in [0, 0.1) is 0 Å². The lowest BCUT2D eigenvalue weighted by atomic mass is 10.1. The summed E-state index contributed by atoms with van der Waals surface area (Å²) in [6, 6.07) is 21.5. The molecule has 4 aromatic carbocycles. The number of fused-ring (bicyclic) bond motifs is 2. The number of phenols is 2. The Morgan fingerprint density at radius 1 is 0.520 bits per heavy atom. The Hall–Kier alpha value is -3.34. The third-order valence-electron chi connectivity index (χ3n) is 3.96. The Labute approximate surface area is 145 Å². The van der Waals surface area contributed by atoms with Gasteiger partial charge in [0.05, 0.1) is 0 Å². The fourth-order valence-corrected chi connectivity index (χ4v) is 2.70. The quantitative estimate of drug-likeness (QED) is 0.545. The van der Waals surface area contributed by atoms with Crippen LogP contribution in [0.5, 0.6) is 23.0 Å². The van der Waals surface area contributed by atoms with E-state index in [1.54, 1.807) is 24.3 Å². The molecule has 0 amide bonds. The van der Waals surface area contributed by atoms with Gasteiger partial charge >= 0.3 is 7.69 Å². The van der Waals surface area contributed by atoms with Gasteiger partial charge in [-0.1, -0.05) is 24.3 Å². The van der Waals surface area contributed by atoms with Gasteiger partial charge in [0.15, 0.2) is 0 Å². The van der Waals surface area contributed by atoms with Crippen molar-refractivity contribution >= 4 is 29.2 Å². The highest BCUT2D eigenvalue weighted by Gasteiger charge is 2.05. The van der Waals surface area contributed by atoms with Crippen LogP contribution in [0.25, 0.3) is 21.5 Å². The molecule has 4 nitrogen and oxygen atoms in total. The summed E-state index contributed by atoms with van der Waals surface area (Å²) in [4.78, 5) is 0. The van der Waals surface area contributed by atoms with Crippen molar-refractivity contribution < 1.29 is 19.5 Å². The Morgan fingerprint density at radius 3 is 1.40 bits per heavy atom. The summed E-state index contributed by atoms with van der Waals surface area (Å²) in [5.74, 6) is 1.76. The van der Waals surface area contributed by atoms with Gasteiger partial charge in [-0.3, -0.25) is 0 Å². The molecule has 0 heterocycles. The minimum Gasteiger partial charge on any atom is -0.526 e. The molecule has 0 spiro atoms. The molecule has 0 aliphatic heterocycles. The van der Waals surface area contributed by atoms with Gasteiger partial charge in [0, 0.05) is 0 Å². The SMILES string of the molecule is Oc1ccc2cc(O[B]Oc3ccc4cc(O)ccc4c3)ccc2c1. The summed E-state index contributed by atoms with van der Waals surface area (Å²) in [7, 11) is 1.28. The predicted molar refractivity (Wildman–Crippen MR) is 98.2 cm³/mol. The Kier molecular flexibility index (Phi) is 3.82. The molecule has 0 saturated carbocycles. The molecule has 0 fully saturated rings. The second-order valence-electron chi connectivity index (χ2n) is 5.72. The van der Waals surface area contributed by atoms with E-state index in [2.05, 4.69) is 0 Å². The number of hydrogen-bond acceptors (Lipinski definition) is 4. The lowest BCUT2D eigenvalue weighted by Crippen LogP contribution is -2.10. The van der Waals surface area contributed by atoms with Gasteiger partial charge in [-0.25, -0.2) is 0 Å². The lowest BCUT2D eigenvalue weighted by Gasteiger charge is -2.08. The summed E-state index contributed by atoms with van der Waals surface area (Å²) < 4.78 is 11.1. The molecule has 2 N–H and O–H groups in total. The van der Waals surface area contributed by atoms with Crippen LogP contribution < -0.4 is 9.31 Å². The van der Waals surface area contributed by atoms with Crippen LogP contribution >= 0.6 is 0 Å². The molecular formula is C20H14BO4. The summed E-state index contributed by atoms with van der Waals surface area (Å²) in [6.45, 7) is 0. The Bertz CT molecular complexity index is 977. The minimum atomic E-state index is 0.237. The molecule has 0 saturated heterocycles. The fraction of sp³-hybridized carbons (Fsp3) is 0. The third-order valence-corrected chi connectivity index (χ3v) is 3.96. The second-order valence-corrected chi connectivity index (χ2v) is 5.72. The van der Waals surface area contributed by atoms with Gasteiger partial charge < -0.3 is 19.5 Å². The van der Waals surface area contributed by atoms with E-state index >= 15 is 0 Å². The molecule has 0 aromatic heterocycles. The summed E-state index contributed by atoms with van der Waals surface area (Å²) in [6.07, 6.45) is 0. The van der Waals surface area contributed by atoms with Crippen LogP contribution in [0.3, 0.4) is 0 Å². The number of rotatable bonds is 4. The highest BCUT2D eigenvalue weighted by Crippen LogP contribution is 2.26. The van der Waals surface area contributed by atoms with Crippen molar-refractivity contribution in [1.82, 2.24) is 0 Å². The maximum atomic E-state index is 9.49. The summed E-state index contributed by atoms with van der Waals surface area (Å²) in [5, 5.41) is 22.8. The van der Waals surface area contributed by atoms with E-state index in [1.165, 1.54) is 7.69 Å². The zero-order chi connectivity index (χ0) is 17.2. The number of phenolic OH excluding ortho intramolecular Hbond substituents is 2. The fourth-order valence-electron chi connectivity index (χ4n) is 2.70. The molecule has 5 heteroatoms. The third kappa shape index (κ3) is 3.31. The molecule has 4 aromatic rings. The van der Waals surface area contributed by atoms with E-state index in [1.807, 2.05) is 48.5 Å². The highest BCUT2D eigenvalue weighted by molar-refractivity contribution is 6.21. The molecule has 0 aliphatic carbocycles. The molecular weight excluding hydrogens is 315 g/mol. The van der Waals surface area contributed by atoms with Crippen molar-refractivity contribution in [3.05, 3.63) is 72.8 Å². The van der Waals surface area contributed by atoms with E-state index in [-0.39, 0.29) is 11.5 Å². The van der Waals surface area contributed by atoms with E-state index < -0.39 is 0 Å². The summed E-state index contributed by atoms with van der Waals surface area (Å²) in [5.41, 5.74) is 0. The number of benzene rings is 4. The monoisotopic (exact) mass is 329 g/mol. The van der Waals surface area contributed by atoms with Crippen LogP contribution in [-0.2, 0) is 0 Å². The van der Waals surface area contributed by atoms with Crippen LogP contribution in [0.15, 0.2) is 72.8 Å². The maximum absolute atomic E-state index is 9.49. The van der Waals surface area contributed by atoms with Crippen molar-refractivity contribution in [2.45, 2.75) is 0 Å². The van der Waals surface area contributed by atoms with Crippen LogP contribution in [0.1, 0.15) is 0 Å². The second kappa shape index (κ2) is 6.28. The molecule has 1 radical (unpaired) electrons. The number of hydrogen-bond donors (Lipinski definition) is 2. The number of aromatic hydroxyl groups is 2. The molecule has 0 aliphatic rings. The standard InChI is InChI=1S/C20H14BO4/c22-17-5-1-15-11-19(7-3-13(15)9-17)24-21-25-20-8-4-14-10-18(23)6-2-16(14)12-20/h1-12,22-23H. The maximum Gasteiger partial charge on any atom is 0.658 e. The first-order chi connectivity index (χ1) is 12.2. The van der Waals surface area contributed by atoms with Gasteiger partial charge in [0.2, 0.25) is 0 Å². The first kappa shape index (κ1) is 15.2. The topological polar surface area (TPSA) is 58.9 Å². The molecule has 4 rings (SSSR count). The zero-order valence-electron chi connectivity index (χ0n) is 13.2. The van der Waals surface area contributed by atoms with Crippen LogP contribution in [-0.4, -0.2) is 17.9 Å². The van der Waals surface area contributed by atoms with Crippen molar-refractivity contribution in [1.29, 1.82) is 0 Å². The normalized spacial score (nSPS) is 10.7. The van der Waals surface area contributed by atoms with Crippen molar-refractivity contribution in [2.24, 2.45) is 0 Å². The van der Waals surface area contributed by atoms with E-state index in [4.69, 9.17) is 9.31 Å². The molecule has 25 heavy (non-hydrogen) atoms. The van der Waals surface area contributed by atoms with Gasteiger partial charge in [-0.05, 0) is 70.1 Å². The average Bonchev–Trinajstić information content (AvgIpc) is 2.62. The summed E-state index contributed by atoms with van der Waals surface area (Å²) >= 11 is 0. The van der Waals surface area contributed by atoms with Crippen molar-refractivity contribution in [3.63, 3.8) is 0 Å². The van der Waals surface area contributed by atoms with Gasteiger partial charge in [-0.15, -0.1) is 0 Å². The zero-order valence-corrected chi connectivity index (χ0v) is 13.2. The van der Waals surface area contributed by atoms with E-state index in [0.717, 1.165) is 21.5 Å². The first-order valence-electron chi connectivity index (χ1n) is 7.78. The Balaban J connectivity index is 1.45. The highest BCUT2D eigenvalue weighted by atomic mass is 16.6. The molecule has 0 unspecified atom stereocenters.